The van der Waals surface area contributed by atoms with Crippen molar-refractivity contribution in [2.45, 2.75) is 175 Å². The minimum atomic E-state index is -0.319. The highest BCUT2D eigenvalue weighted by molar-refractivity contribution is 5.72. The van der Waals surface area contributed by atoms with Crippen molar-refractivity contribution in [3.8, 4) is 0 Å². The summed E-state index contributed by atoms with van der Waals surface area (Å²) in [7, 11) is 4.10. The molecule has 0 fully saturated rings. The lowest BCUT2D eigenvalue weighted by atomic mass is 9.94. The second-order valence-electron chi connectivity index (χ2n) is 12.0. The first kappa shape index (κ1) is 37.9. The average molecular weight is 554 g/mol. The summed E-state index contributed by atoms with van der Waals surface area (Å²) in [4.78, 5) is 27.8. The van der Waals surface area contributed by atoms with Gasteiger partial charge >= 0.3 is 11.9 Å². The molecule has 2 atom stereocenters. The van der Waals surface area contributed by atoms with Gasteiger partial charge in [0.1, 0.15) is 12.7 Å². The maximum atomic E-state index is 13.2. The molecule has 0 aliphatic rings. The Kier molecular flexibility index (Phi) is 27.6. The fourth-order valence-electron chi connectivity index (χ4n) is 5.11. The van der Waals surface area contributed by atoms with Gasteiger partial charge in [-0.1, -0.05) is 124 Å². The fourth-order valence-corrected chi connectivity index (χ4v) is 5.11. The summed E-state index contributed by atoms with van der Waals surface area (Å²) in [5.74, 6) is -0.248. The van der Waals surface area contributed by atoms with Crippen LogP contribution in [0, 0.1) is 5.92 Å². The molecular weight excluding hydrogens is 486 g/mol. The average Bonchev–Trinajstić information content (AvgIpc) is 2.91. The van der Waals surface area contributed by atoms with Gasteiger partial charge in [-0.3, -0.25) is 9.59 Å². The molecule has 39 heavy (non-hydrogen) atoms. The lowest BCUT2D eigenvalue weighted by Gasteiger charge is -2.21. The van der Waals surface area contributed by atoms with Crippen LogP contribution in [-0.2, 0) is 19.1 Å². The van der Waals surface area contributed by atoms with Crippen molar-refractivity contribution in [3.63, 3.8) is 0 Å². The summed E-state index contributed by atoms with van der Waals surface area (Å²) in [5.41, 5.74) is 0. The normalized spacial score (nSPS) is 13.0. The Morgan fingerprint density at radius 1 is 0.590 bits per heavy atom. The minimum absolute atomic E-state index is 0.0193. The van der Waals surface area contributed by atoms with Gasteiger partial charge in [-0.25, -0.2) is 0 Å². The lowest BCUT2D eigenvalue weighted by Crippen LogP contribution is -2.28. The number of esters is 2. The van der Waals surface area contributed by atoms with Crippen LogP contribution in [0.4, 0.5) is 0 Å². The Balaban J connectivity index is 4.79. The van der Waals surface area contributed by atoms with Crippen LogP contribution in [0.5, 0.6) is 0 Å². The summed E-state index contributed by atoms with van der Waals surface area (Å²) in [6.45, 7) is 7.88. The molecule has 0 aromatic heterocycles. The van der Waals surface area contributed by atoms with Crippen molar-refractivity contribution >= 4 is 11.9 Å². The predicted octanol–water partition coefficient (Wildman–Crippen LogP) is 9.65. The molecule has 0 heterocycles. The van der Waals surface area contributed by atoms with Gasteiger partial charge in [0.15, 0.2) is 0 Å². The zero-order chi connectivity index (χ0) is 29.0. The molecule has 0 spiro atoms. The number of ether oxygens (including phenoxy) is 2. The van der Waals surface area contributed by atoms with Crippen LogP contribution in [0.3, 0.4) is 0 Å². The zero-order valence-corrected chi connectivity index (χ0v) is 26.9. The van der Waals surface area contributed by atoms with Gasteiger partial charge in [-0.15, -0.1) is 0 Å². The number of rotatable bonds is 29. The molecule has 0 saturated carbocycles. The summed E-state index contributed by atoms with van der Waals surface area (Å²) in [6, 6.07) is 0. The van der Waals surface area contributed by atoms with E-state index in [1.807, 2.05) is 14.1 Å². The number of nitrogens with zero attached hydrogens (tertiary/aromatic N) is 1. The Bertz CT molecular complexity index is 551. The molecule has 0 rings (SSSR count). The van der Waals surface area contributed by atoms with Gasteiger partial charge in [0.25, 0.3) is 0 Å². The number of hydrogen-bond acceptors (Lipinski definition) is 5. The fraction of sp³-hybridized carbons (Fsp3) is 0.941. The molecule has 0 aromatic rings. The smallest absolute Gasteiger partial charge is 0.309 e. The SMILES string of the molecule is CCCCCCCCCC(CCCCCCC)C(=O)OCC(CCCCCCC)OC(=O)CCCCN(C)C. The van der Waals surface area contributed by atoms with Crippen LogP contribution in [-0.4, -0.2) is 50.2 Å². The Morgan fingerprint density at radius 3 is 1.54 bits per heavy atom. The van der Waals surface area contributed by atoms with Crippen molar-refractivity contribution in [2.75, 3.05) is 27.2 Å². The standard InChI is InChI=1S/C34H67NO4/c1-6-9-12-15-16-19-21-26-31(25-20-17-13-10-7-2)34(37)38-30-32(27-22-18-14-11-8-3)39-33(36)28-23-24-29-35(4)5/h31-32H,6-30H2,1-5H3. The molecule has 5 heteroatoms. The van der Waals surface area contributed by atoms with Gasteiger partial charge in [-0.05, 0) is 59.2 Å². The van der Waals surface area contributed by atoms with Gasteiger partial charge < -0.3 is 14.4 Å². The first-order valence-corrected chi connectivity index (χ1v) is 16.9. The van der Waals surface area contributed by atoms with Crippen molar-refractivity contribution in [1.29, 1.82) is 0 Å². The number of carbonyl (C=O) groups excluding carboxylic acids is 2. The lowest BCUT2D eigenvalue weighted by molar-refractivity contribution is -0.162. The molecule has 0 bridgehead atoms. The van der Waals surface area contributed by atoms with Gasteiger partial charge in [0.2, 0.25) is 0 Å². The van der Waals surface area contributed by atoms with Crippen LogP contribution in [0.25, 0.3) is 0 Å². The van der Waals surface area contributed by atoms with Gasteiger partial charge in [0, 0.05) is 6.42 Å². The highest BCUT2D eigenvalue weighted by Crippen LogP contribution is 2.21. The minimum Gasteiger partial charge on any atom is -0.462 e. The van der Waals surface area contributed by atoms with Gasteiger partial charge in [-0.2, -0.15) is 0 Å². The van der Waals surface area contributed by atoms with Crippen molar-refractivity contribution in [1.82, 2.24) is 4.90 Å². The predicted molar refractivity (Wildman–Crippen MR) is 166 cm³/mol. The van der Waals surface area contributed by atoms with E-state index < -0.39 is 0 Å². The Morgan fingerprint density at radius 2 is 1.05 bits per heavy atom. The van der Waals surface area contributed by atoms with Crippen molar-refractivity contribution in [2.24, 2.45) is 5.92 Å². The maximum Gasteiger partial charge on any atom is 0.309 e. The Hall–Kier alpha value is -1.10. The van der Waals surface area contributed by atoms with E-state index >= 15 is 0 Å². The van der Waals surface area contributed by atoms with Crippen molar-refractivity contribution in [3.05, 3.63) is 0 Å². The van der Waals surface area contributed by atoms with Crippen LogP contribution in [0.2, 0.25) is 0 Å². The summed E-state index contributed by atoms with van der Waals surface area (Å²) in [5, 5.41) is 0. The van der Waals surface area contributed by atoms with E-state index in [0.717, 1.165) is 64.3 Å². The van der Waals surface area contributed by atoms with Gasteiger partial charge in [0.05, 0.1) is 5.92 Å². The van der Waals surface area contributed by atoms with Crippen LogP contribution < -0.4 is 0 Å². The first-order chi connectivity index (χ1) is 18.9. The molecule has 2 unspecified atom stereocenters. The molecule has 0 amide bonds. The molecule has 0 radical (unpaired) electrons. The molecule has 232 valence electrons. The van der Waals surface area contributed by atoms with E-state index in [9.17, 15) is 9.59 Å². The van der Waals surface area contributed by atoms with E-state index in [-0.39, 0.29) is 30.6 Å². The topological polar surface area (TPSA) is 55.8 Å². The van der Waals surface area contributed by atoms with E-state index in [1.54, 1.807) is 0 Å². The van der Waals surface area contributed by atoms with E-state index in [4.69, 9.17) is 9.47 Å². The summed E-state index contributed by atoms with van der Waals surface area (Å²) >= 11 is 0. The summed E-state index contributed by atoms with van der Waals surface area (Å²) < 4.78 is 11.7. The largest absolute Gasteiger partial charge is 0.462 e. The number of unbranched alkanes of at least 4 members (excludes halogenated alkanes) is 15. The number of carbonyl (C=O) groups is 2. The third-order valence-electron chi connectivity index (χ3n) is 7.72. The molecule has 0 aromatic carbocycles. The molecule has 0 N–H and O–H groups in total. The van der Waals surface area contributed by atoms with E-state index in [2.05, 4.69) is 25.7 Å². The summed E-state index contributed by atoms with van der Waals surface area (Å²) in [6.07, 6.45) is 25.2. The second kappa shape index (κ2) is 28.4. The quantitative estimate of drug-likeness (QED) is 0.0681. The van der Waals surface area contributed by atoms with Crippen LogP contribution in [0.15, 0.2) is 0 Å². The third-order valence-corrected chi connectivity index (χ3v) is 7.72. The van der Waals surface area contributed by atoms with Crippen molar-refractivity contribution < 1.29 is 19.1 Å². The maximum absolute atomic E-state index is 13.2. The second-order valence-corrected chi connectivity index (χ2v) is 12.0. The molecule has 0 saturated heterocycles. The van der Waals surface area contributed by atoms with E-state index in [1.165, 1.54) is 83.5 Å². The monoisotopic (exact) mass is 554 g/mol. The highest BCUT2D eigenvalue weighted by Gasteiger charge is 2.22. The molecule has 0 aliphatic carbocycles. The molecule has 5 nitrogen and oxygen atoms in total. The number of hydrogen-bond donors (Lipinski definition) is 0. The first-order valence-electron chi connectivity index (χ1n) is 16.9. The zero-order valence-electron chi connectivity index (χ0n) is 26.9. The molecular formula is C34H67NO4. The van der Waals surface area contributed by atoms with Crippen LogP contribution in [0.1, 0.15) is 168 Å². The Labute approximate surface area is 243 Å². The molecule has 0 aliphatic heterocycles. The third kappa shape index (κ3) is 25.6. The van der Waals surface area contributed by atoms with E-state index in [0.29, 0.717) is 6.42 Å². The van der Waals surface area contributed by atoms with Crippen LogP contribution >= 0.6 is 0 Å². The highest BCUT2D eigenvalue weighted by atomic mass is 16.6.